The molecule has 0 spiro atoms. The third-order valence-electron chi connectivity index (χ3n) is 2.45. The zero-order valence-electron chi connectivity index (χ0n) is 11.9. The maximum absolute atomic E-state index is 11.7. The predicted octanol–water partition coefficient (Wildman–Crippen LogP) is 3.30. The van der Waals surface area contributed by atoms with Gasteiger partial charge in [-0.15, -0.1) is 0 Å². The van der Waals surface area contributed by atoms with Crippen LogP contribution in [0.1, 0.15) is 37.9 Å². The quantitative estimate of drug-likeness (QED) is 0.898. The molecule has 1 aromatic rings. The summed E-state index contributed by atoms with van der Waals surface area (Å²) in [6.07, 6.45) is -0.778. The number of carbonyl (C=O) groups excluding carboxylic acids is 1. The van der Waals surface area contributed by atoms with Gasteiger partial charge in [-0.3, -0.25) is 0 Å². The molecule has 0 radical (unpaired) electrons. The number of rotatable bonds is 3. The lowest BCUT2D eigenvalue weighted by Gasteiger charge is -2.22. The SMILES string of the molecule is Cc1cc(Cl)ccc1C(NC(=O)OC(C)(C)C)C(=O)O. The summed E-state index contributed by atoms with van der Waals surface area (Å²) >= 11 is 5.83. The number of carboxylic acids is 1. The number of nitrogens with one attached hydrogen (secondary N) is 1. The summed E-state index contributed by atoms with van der Waals surface area (Å²) in [5.41, 5.74) is 0.455. The molecule has 1 rings (SSSR count). The smallest absolute Gasteiger partial charge is 0.408 e. The van der Waals surface area contributed by atoms with Gasteiger partial charge in [0.25, 0.3) is 0 Å². The van der Waals surface area contributed by atoms with Crippen LogP contribution < -0.4 is 5.32 Å². The Morgan fingerprint density at radius 2 is 1.95 bits per heavy atom. The van der Waals surface area contributed by atoms with Crippen molar-refractivity contribution in [3.8, 4) is 0 Å². The van der Waals surface area contributed by atoms with Crippen molar-refractivity contribution in [3.05, 3.63) is 34.3 Å². The summed E-state index contributed by atoms with van der Waals surface area (Å²) in [6, 6.07) is 3.62. The Balaban J connectivity index is 2.96. The summed E-state index contributed by atoms with van der Waals surface area (Å²) in [7, 11) is 0. The van der Waals surface area contributed by atoms with Crippen LogP contribution in [0.5, 0.6) is 0 Å². The van der Waals surface area contributed by atoms with Gasteiger partial charge < -0.3 is 15.2 Å². The minimum absolute atomic E-state index is 0.466. The van der Waals surface area contributed by atoms with E-state index in [9.17, 15) is 14.7 Å². The maximum Gasteiger partial charge on any atom is 0.408 e. The molecule has 110 valence electrons. The van der Waals surface area contributed by atoms with E-state index in [4.69, 9.17) is 16.3 Å². The van der Waals surface area contributed by atoms with Gasteiger partial charge in [0.1, 0.15) is 5.60 Å². The monoisotopic (exact) mass is 299 g/mol. The summed E-state index contributed by atoms with van der Waals surface area (Å²) in [6.45, 7) is 6.84. The van der Waals surface area contributed by atoms with E-state index >= 15 is 0 Å². The summed E-state index contributed by atoms with van der Waals surface area (Å²) < 4.78 is 5.06. The molecular weight excluding hydrogens is 282 g/mol. The molecule has 0 saturated carbocycles. The number of hydrogen-bond donors (Lipinski definition) is 2. The van der Waals surface area contributed by atoms with Crippen molar-refractivity contribution in [2.24, 2.45) is 0 Å². The molecule has 6 heteroatoms. The van der Waals surface area contributed by atoms with E-state index in [2.05, 4.69) is 5.32 Å². The molecule has 2 N–H and O–H groups in total. The van der Waals surface area contributed by atoms with Crippen LogP contribution in [-0.2, 0) is 9.53 Å². The highest BCUT2D eigenvalue weighted by Crippen LogP contribution is 2.22. The highest BCUT2D eigenvalue weighted by Gasteiger charge is 2.26. The summed E-state index contributed by atoms with van der Waals surface area (Å²) in [5.74, 6) is -1.17. The van der Waals surface area contributed by atoms with Crippen molar-refractivity contribution in [2.75, 3.05) is 0 Å². The van der Waals surface area contributed by atoms with Gasteiger partial charge in [-0.05, 0) is 51.0 Å². The molecule has 0 heterocycles. The average molecular weight is 300 g/mol. The van der Waals surface area contributed by atoms with Crippen molar-refractivity contribution in [3.63, 3.8) is 0 Å². The van der Waals surface area contributed by atoms with E-state index in [1.165, 1.54) is 0 Å². The number of ether oxygens (including phenoxy) is 1. The molecule has 0 aliphatic carbocycles. The van der Waals surface area contributed by atoms with Crippen molar-refractivity contribution in [1.29, 1.82) is 0 Å². The maximum atomic E-state index is 11.7. The lowest BCUT2D eigenvalue weighted by Crippen LogP contribution is -2.38. The number of benzene rings is 1. The first-order valence-corrected chi connectivity index (χ1v) is 6.46. The van der Waals surface area contributed by atoms with Gasteiger partial charge >= 0.3 is 12.1 Å². The van der Waals surface area contributed by atoms with Crippen molar-refractivity contribution >= 4 is 23.7 Å². The molecule has 20 heavy (non-hydrogen) atoms. The van der Waals surface area contributed by atoms with E-state index < -0.39 is 23.7 Å². The van der Waals surface area contributed by atoms with Crippen LogP contribution >= 0.6 is 11.6 Å². The van der Waals surface area contributed by atoms with Gasteiger partial charge in [-0.1, -0.05) is 17.7 Å². The minimum Gasteiger partial charge on any atom is -0.479 e. The Morgan fingerprint density at radius 3 is 2.40 bits per heavy atom. The number of carboxylic acid groups (broad SMARTS) is 1. The first-order valence-electron chi connectivity index (χ1n) is 6.08. The fraction of sp³-hybridized carbons (Fsp3) is 0.429. The molecule has 0 aromatic heterocycles. The number of hydrogen-bond acceptors (Lipinski definition) is 3. The number of aryl methyl sites for hydroxylation is 1. The first-order chi connectivity index (χ1) is 9.10. The zero-order valence-corrected chi connectivity index (χ0v) is 12.6. The normalized spacial score (nSPS) is 12.7. The Hall–Kier alpha value is -1.75. The van der Waals surface area contributed by atoms with Crippen LogP contribution in [0.25, 0.3) is 0 Å². The molecule has 1 unspecified atom stereocenters. The molecular formula is C14H18ClNO4. The highest BCUT2D eigenvalue weighted by molar-refractivity contribution is 6.30. The second kappa shape index (κ2) is 6.13. The molecule has 1 aromatic carbocycles. The van der Waals surface area contributed by atoms with Crippen molar-refractivity contribution in [2.45, 2.75) is 39.3 Å². The summed E-state index contributed by atoms with van der Waals surface area (Å²) in [5, 5.41) is 12.1. The van der Waals surface area contributed by atoms with Crippen LogP contribution in [0.15, 0.2) is 18.2 Å². The molecule has 0 bridgehead atoms. The highest BCUT2D eigenvalue weighted by atomic mass is 35.5. The number of halogens is 1. The fourth-order valence-corrected chi connectivity index (χ4v) is 1.89. The molecule has 0 fully saturated rings. The van der Waals surface area contributed by atoms with E-state index in [1.54, 1.807) is 45.9 Å². The zero-order chi connectivity index (χ0) is 15.5. The van der Waals surface area contributed by atoms with Crippen LogP contribution in [-0.4, -0.2) is 22.8 Å². The van der Waals surface area contributed by atoms with Gasteiger partial charge in [0.05, 0.1) is 0 Å². The number of alkyl carbamates (subject to hydrolysis) is 1. The lowest BCUT2D eigenvalue weighted by atomic mass is 10.0. The third-order valence-corrected chi connectivity index (χ3v) is 2.69. The van der Waals surface area contributed by atoms with Gasteiger partial charge in [-0.2, -0.15) is 0 Å². The molecule has 1 amide bonds. The predicted molar refractivity (Wildman–Crippen MR) is 75.9 cm³/mol. The Bertz CT molecular complexity index is 522. The van der Waals surface area contributed by atoms with Gasteiger partial charge in [0, 0.05) is 5.02 Å². The van der Waals surface area contributed by atoms with Crippen molar-refractivity contribution in [1.82, 2.24) is 5.32 Å². The summed E-state index contributed by atoms with van der Waals surface area (Å²) in [4.78, 5) is 23.0. The Labute approximate surface area is 122 Å². The van der Waals surface area contributed by atoms with E-state index in [0.29, 0.717) is 16.1 Å². The van der Waals surface area contributed by atoms with E-state index in [-0.39, 0.29) is 0 Å². The van der Waals surface area contributed by atoms with Crippen LogP contribution in [0, 0.1) is 6.92 Å². The fourth-order valence-electron chi connectivity index (χ4n) is 1.66. The largest absolute Gasteiger partial charge is 0.479 e. The van der Waals surface area contributed by atoms with Crippen molar-refractivity contribution < 1.29 is 19.4 Å². The molecule has 0 aliphatic rings. The molecule has 1 atom stereocenters. The topological polar surface area (TPSA) is 75.6 Å². The second-order valence-electron chi connectivity index (χ2n) is 5.42. The van der Waals surface area contributed by atoms with Gasteiger partial charge in [0.2, 0.25) is 0 Å². The van der Waals surface area contributed by atoms with E-state index in [0.717, 1.165) is 0 Å². The first kappa shape index (κ1) is 16.3. The van der Waals surface area contributed by atoms with Gasteiger partial charge in [-0.25, -0.2) is 9.59 Å². The molecule has 0 saturated heterocycles. The third kappa shape index (κ3) is 4.74. The lowest BCUT2D eigenvalue weighted by molar-refractivity contribution is -0.139. The molecule has 5 nitrogen and oxygen atoms in total. The minimum atomic E-state index is -1.18. The Kier molecular flexibility index (Phi) is 5.00. The number of amides is 1. The average Bonchev–Trinajstić information content (AvgIpc) is 2.23. The van der Waals surface area contributed by atoms with Crippen LogP contribution in [0.4, 0.5) is 4.79 Å². The Morgan fingerprint density at radius 1 is 1.35 bits per heavy atom. The second-order valence-corrected chi connectivity index (χ2v) is 5.85. The van der Waals surface area contributed by atoms with E-state index in [1.807, 2.05) is 0 Å². The number of carbonyl (C=O) groups is 2. The van der Waals surface area contributed by atoms with Crippen LogP contribution in [0.2, 0.25) is 5.02 Å². The number of aliphatic carboxylic acids is 1. The molecule has 0 aliphatic heterocycles. The van der Waals surface area contributed by atoms with Gasteiger partial charge in [0.15, 0.2) is 6.04 Å². The standard InChI is InChI=1S/C14H18ClNO4/c1-8-7-9(15)5-6-10(8)11(12(17)18)16-13(19)20-14(2,3)4/h5-7,11H,1-4H3,(H,16,19)(H,17,18). The van der Waals surface area contributed by atoms with Crippen LogP contribution in [0.3, 0.4) is 0 Å².